The Morgan fingerprint density at radius 2 is 1.29 bits per heavy atom. The fourth-order valence-corrected chi connectivity index (χ4v) is 12.7. The Labute approximate surface area is 376 Å². The average Bonchev–Trinajstić information content (AvgIpc) is 4.09. The lowest BCUT2D eigenvalue weighted by Gasteiger charge is -2.47. The van der Waals surface area contributed by atoms with Crippen LogP contribution in [0.3, 0.4) is 0 Å². The number of ether oxygens (including phenoxy) is 2. The van der Waals surface area contributed by atoms with Crippen LogP contribution >= 0.6 is 11.6 Å². The zero-order valence-corrected chi connectivity index (χ0v) is 35.6. The van der Waals surface area contributed by atoms with E-state index in [1.54, 1.807) is 15.5 Å². The van der Waals surface area contributed by atoms with Crippen molar-refractivity contribution in [3.63, 3.8) is 0 Å². The lowest BCUT2D eigenvalue weighted by Crippen LogP contribution is -2.58. The third-order valence-electron chi connectivity index (χ3n) is 15.3. The van der Waals surface area contributed by atoms with Gasteiger partial charge in [-0.15, -0.1) is 0 Å². The standard InChI is InChI=1S/C46H40ClF3N6O10/c47-33-23(6-2-18(34(33)50)16-52-42(62)32-26-7-9-28-45-53(20-4-5-22(12-20)65-45)43(63)35(55(26)28)39(59)38(32)58)24-13-21-14-30(24)66-46-29-10-8-27-31(37(57)40(60)36(56(27)29)44(64)54(21)46)41(61)51-15-17-1-3-19(48)11-25(17)49/h1-3,6,11,20-22,24,28-30,45-46,59-60H,4-5,7-10,12-16H2,(H,51,61)(H,52,62). The molecule has 6 aliphatic heterocycles. The van der Waals surface area contributed by atoms with Crippen molar-refractivity contribution in [2.24, 2.45) is 0 Å². The van der Waals surface area contributed by atoms with E-state index >= 15 is 4.39 Å². The van der Waals surface area contributed by atoms with Crippen molar-refractivity contribution < 1.29 is 52.0 Å². The largest absolute Gasteiger partial charge is 0.503 e. The first kappa shape index (κ1) is 41.3. The Hall–Kier alpha value is -6.18. The van der Waals surface area contributed by atoms with Crippen LogP contribution in [0.15, 0.2) is 39.9 Å². The number of halogens is 4. The minimum atomic E-state index is -1.06. The second kappa shape index (κ2) is 14.7. The normalized spacial score (nSPS) is 28.3. The number of rotatable bonds is 7. The highest BCUT2D eigenvalue weighted by Crippen LogP contribution is 2.52. The van der Waals surface area contributed by atoms with Gasteiger partial charge in [0.25, 0.3) is 23.6 Å². The second-order valence-electron chi connectivity index (χ2n) is 18.5. The topological polar surface area (TPSA) is 202 Å². The summed E-state index contributed by atoms with van der Waals surface area (Å²) in [6, 6.07) is 4.45. The Balaban J connectivity index is 0.775. The van der Waals surface area contributed by atoms with E-state index in [4.69, 9.17) is 21.1 Å². The molecule has 2 aromatic heterocycles. The van der Waals surface area contributed by atoms with Crippen LogP contribution in [-0.2, 0) is 35.4 Å². The average molecular weight is 929 g/mol. The Morgan fingerprint density at radius 3 is 1.91 bits per heavy atom. The number of fused-ring (bicyclic) bond motifs is 10. The highest BCUT2D eigenvalue weighted by molar-refractivity contribution is 6.31. The Morgan fingerprint density at radius 1 is 0.712 bits per heavy atom. The first-order chi connectivity index (χ1) is 31.7. The number of benzene rings is 2. The summed E-state index contributed by atoms with van der Waals surface area (Å²) in [6.07, 6.45) is 2.23. The monoisotopic (exact) mass is 928 g/mol. The molecule has 8 heterocycles. The Bertz CT molecular complexity index is 3030. The van der Waals surface area contributed by atoms with Gasteiger partial charge in [0.15, 0.2) is 35.3 Å². The quantitative estimate of drug-likeness (QED) is 0.208. The molecule has 2 saturated carbocycles. The molecule has 0 spiro atoms. The summed E-state index contributed by atoms with van der Waals surface area (Å²) < 4.78 is 60.0. The Kier molecular flexibility index (Phi) is 9.17. The van der Waals surface area contributed by atoms with Gasteiger partial charge in [-0.2, -0.15) is 0 Å². The molecule has 4 amide bonds. The van der Waals surface area contributed by atoms with Crippen LogP contribution < -0.4 is 21.5 Å². The van der Waals surface area contributed by atoms with Crippen LogP contribution in [0.4, 0.5) is 13.2 Å². The van der Waals surface area contributed by atoms with Crippen molar-refractivity contribution >= 4 is 35.2 Å². The van der Waals surface area contributed by atoms with Gasteiger partial charge in [0.05, 0.1) is 29.3 Å². The number of nitrogens with one attached hydrogen (secondary N) is 2. The van der Waals surface area contributed by atoms with Crippen LogP contribution in [0.1, 0.15) is 133 Å². The highest BCUT2D eigenvalue weighted by atomic mass is 35.5. The van der Waals surface area contributed by atoms with Crippen LogP contribution in [0.25, 0.3) is 0 Å². The minimum Gasteiger partial charge on any atom is -0.503 e. The fourth-order valence-electron chi connectivity index (χ4n) is 12.4. The molecule has 12 rings (SSSR count). The van der Waals surface area contributed by atoms with Gasteiger partial charge in [-0.3, -0.25) is 28.8 Å². The van der Waals surface area contributed by atoms with Crippen molar-refractivity contribution in [2.45, 2.75) is 126 Å². The van der Waals surface area contributed by atoms with Crippen LogP contribution in [-0.4, -0.2) is 89.5 Å². The molecule has 9 unspecified atom stereocenters. The zero-order valence-electron chi connectivity index (χ0n) is 34.8. The molecule has 66 heavy (non-hydrogen) atoms. The molecule has 2 aromatic carbocycles. The van der Waals surface area contributed by atoms with E-state index in [0.29, 0.717) is 49.4 Å². The van der Waals surface area contributed by atoms with Gasteiger partial charge >= 0.3 is 0 Å². The zero-order chi connectivity index (χ0) is 45.8. The molecule has 342 valence electrons. The number of aromatic hydroxyl groups is 2. The van der Waals surface area contributed by atoms with Gasteiger partial charge in [0.1, 0.15) is 28.6 Å². The predicted octanol–water partition coefficient (Wildman–Crippen LogP) is 4.19. The predicted molar refractivity (Wildman–Crippen MR) is 223 cm³/mol. The van der Waals surface area contributed by atoms with E-state index in [1.165, 1.54) is 15.5 Å². The fraction of sp³-hybridized carbons (Fsp3) is 0.435. The van der Waals surface area contributed by atoms with Crippen LogP contribution in [0.5, 0.6) is 11.5 Å². The number of hydrogen-bond donors (Lipinski definition) is 4. The summed E-state index contributed by atoms with van der Waals surface area (Å²) in [4.78, 5) is 85.6. The smallest absolute Gasteiger partial charge is 0.276 e. The molecular weight excluding hydrogens is 889 g/mol. The van der Waals surface area contributed by atoms with Gasteiger partial charge in [-0.05, 0) is 69.4 Å². The van der Waals surface area contributed by atoms with E-state index in [9.17, 15) is 47.8 Å². The second-order valence-corrected chi connectivity index (χ2v) is 18.9. The molecular formula is C46H40ClF3N6O10. The summed E-state index contributed by atoms with van der Waals surface area (Å²) in [5.74, 6) is -7.67. The molecule has 2 saturated heterocycles. The maximum atomic E-state index is 16.3. The lowest BCUT2D eigenvalue weighted by molar-refractivity contribution is -0.149. The molecule has 2 aliphatic carbocycles. The van der Waals surface area contributed by atoms with Gasteiger partial charge in [-0.1, -0.05) is 29.8 Å². The number of amides is 4. The summed E-state index contributed by atoms with van der Waals surface area (Å²) in [5, 5.41) is 27.2. The lowest BCUT2D eigenvalue weighted by atomic mass is 9.94. The van der Waals surface area contributed by atoms with Gasteiger partial charge in [0.2, 0.25) is 10.9 Å². The molecule has 4 bridgehead atoms. The molecule has 20 heteroatoms. The van der Waals surface area contributed by atoms with E-state index < -0.39 is 106 Å². The molecule has 4 fully saturated rings. The van der Waals surface area contributed by atoms with E-state index in [-0.39, 0.29) is 82.9 Å². The van der Waals surface area contributed by atoms with Gasteiger partial charge in [0, 0.05) is 59.7 Å². The van der Waals surface area contributed by atoms with E-state index in [0.717, 1.165) is 25.0 Å². The maximum Gasteiger partial charge on any atom is 0.276 e. The van der Waals surface area contributed by atoms with Crippen molar-refractivity contribution in [3.05, 3.63) is 124 Å². The maximum absolute atomic E-state index is 16.3. The van der Waals surface area contributed by atoms with Crippen molar-refractivity contribution in [2.75, 3.05) is 0 Å². The van der Waals surface area contributed by atoms with Crippen molar-refractivity contribution in [1.29, 1.82) is 0 Å². The SMILES string of the molecule is O=C(NCc1ccc(C2CC3CC2OC2C4CCc5c(C(=O)NCc6ccc(F)cc6F)c(=O)c(O)c(n54)C(=O)N32)c(Cl)c1F)c1c2n3c(c(O)c1=O)C(=O)N1C4CCC(C4)OC1C3CC2. The number of carbonyl (C=O) groups excluding carboxylic acids is 4. The number of pyridine rings is 2. The minimum absolute atomic E-state index is 0.0111. The molecule has 16 nitrogen and oxygen atoms in total. The first-order valence-corrected chi connectivity index (χ1v) is 22.5. The van der Waals surface area contributed by atoms with Crippen molar-refractivity contribution in [3.8, 4) is 11.5 Å². The van der Waals surface area contributed by atoms with Crippen molar-refractivity contribution in [1.82, 2.24) is 29.6 Å². The summed E-state index contributed by atoms with van der Waals surface area (Å²) in [5.41, 5.74) is -2.28. The van der Waals surface area contributed by atoms with E-state index in [2.05, 4.69) is 10.6 Å². The first-order valence-electron chi connectivity index (χ1n) is 22.2. The summed E-state index contributed by atoms with van der Waals surface area (Å²) in [7, 11) is 0. The number of nitrogens with zero attached hydrogens (tertiary/aromatic N) is 4. The molecule has 4 N–H and O–H groups in total. The van der Waals surface area contributed by atoms with Gasteiger partial charge < -0.3 is 49.3 Å². The van der Waals surface area contributed by atoms with Crippen LogP contribution in [0.2, 0.25) is 5.02 Å². The number of aromatic nitrogens is 2. The van der Waals surface area contributed by atoms with Crippen LogP contribution in [0, 0.1) is 17.5 Å². The highest BCUT2D eigenvalue weighted by Gasteiger charge is 2.57. The summed E-state index contributed by atoms with van der Waals surface area (Å²) in [6.45, 7) is -0.746. The summed E-state index contributed by atoms with van der Waals surface area (Å²) >= 11 is 6.75. The third kappa shape index (κ3) is 5.71. The third-order valence-corrected chi connectivity index (χ3v) is 15.7. The number of hydrogen-bond acceptors (Lipinski definition) is 10. The van der Waals surface area contributed by atoms with E-state index in [1.807, 2.05) is 0 Å². The number of carbonyl (C=O) groups is 4. The molecule has 9 atom stereocenters. The molecule has 4 aromatic rings. The molecule has 8 aliphatic rings. The molecule has 0 radical (unpaired) electrons. The van der Waals surface area contributed by atoms with Gasteiger partial charge in [-0.25, -0.2) is 13.2 Å².